The van der Waals surface area contributed by atoms with Crippen LogP contribution in [0.15, 0.2) is 11.2 Å². The fourth-order valence-electron chi connectivity index (χ4n) is 3.55. The molecule has 1 aromatic rings. The standard InChI is InChI=1S/C16H26N6O/c1-3-17-15(18-8-13-9-20-21-12(13)2)22-6-4-5-16(11-22)7-14(23)19-10-16/h9H,3-8,10-11H2,1-2H3,(H,17,18)(H,19,23)(H,20,21). The smallest absolute Gasteiger partial charge is 0.220 e. The molecule has 2 aliphatic rings. The van der Waals surface area contributed by atoms with Gasteiger partial charge >= 0.3 is 0 Å². The van der Waals surface area contributed by atoms with Gasteiger partial charge in [0.2, 0.25) is 5.91 Å². The van der Waals surface area contributed by atoms with Crippen LogP contribution in [-0.4, -0.2) is 53.1 Å². The van der Waals surface area contributed by atoms with Crippen molar-refractivity contribution in [1.82, 2.24) is 25.7 Å². The fraction of sp³-hybridized carbons (Fsp3) is 0.688. The second-order valence-electron chi connectivity index (χ2n) is 6.67. The van der Waals surface area contributed by atoms with Gasteiger partial charge in [-0.05, 0) is 26.7 Å². The van der Waals surface area contributed by atoms with Crippen LogP contribution in [0.1, 0.15) is 37.4 Å². The van der Waals surface area contributed by atoms with E-state index in [0.29, 0.717) is 13.0 Å². The minimum absolute atomic E-state index is 0.0804. The number of aliphatic imine (C=N–C) groups is 1. The van der Waals surface area contributed by atoms with Crippen LogP contribution in [0.4, 0.5) is 0 Å². The van der Waals surface area contributed by atoms with Crippen LogP contribution < -0.4 is 10.6 Å². The lowest BCUT2D eigenvalue weighted by Crippen LogP contribution is -2.51. The van der Waals surface area contributed by atoms with Gasteiger partial charge in [-0.2, -0.15) is 5.10 Å². The van der Waals surface area contributed by atoms with Crippen molar-refractivity contribution in [2.75, 3.05) is 26.2 Å². The van der Waals surface area contributed by atoms with Crippen molar-refractivity contribution in [2.45, 2.75) is 39.7 Å². The Labute approximate surface area is 136 Å². The number of carbonyl (C=O) groups is 1. The molecule has 3 N–H and O–H groups in total. The average Bonchev–Trinajstić information content (AvgIpc) is 3.10. The molecule has 3 rings (SSSR count). The lowest BCUT2D eigenvalue weighted by molar-refractivity contribution is -0.119. The number of H-pyrrole nitrogens is 1. The van der Waals surface area contributed by atoms with E-state index in [0.717, 1.165) is 56.2 Å². The number of carbonyl (C=O) groups excluding carboxylic acids is 1. The maximum absolute atomic E-state index is 11.7. The molecule has 2 aliphatic heterocycles. The summed E-state index contributed by atoms with van der Waals surface area (Å²) in [5.74, 6) is 1.12. The summed E-state index contributed by atoms with van der Waals surface area (Å²) in [4.78, 5) is 18.7. The quantitative estimate of drug-likeness (QED) is 0.568. The monoisotopic (exact) mass is 318 g/mol. The first kappa shape index (κ1) is 15.8. The van der Waals surface area contributed by atoms with E-state index in [1.54, 1.807) is 0 Å². The molecule has 126 valence electrons. The van der Waals surface area contributed by atoms with Crippen molar-refractivity contribution in [2.24, 2.45) is 10.4 Å². The molecule has 3 heterocycles. The first-order valence-electron chi connectivity index (χ1n) is 8.41. The Bertz CT molecular complexity index is 595. The Hall–Kier alpha value is -2.05. The van der Waals surface area contributed by atoms with Gasteiger partial charge in [0.15, 0.2) is 5.96 Å². The molecule has 2 fully saturated rings. The number of amides is 1. The molecule has 0 saturated carbocycles. The van der Waals surface area contributed by atoms with Crippen LogP contribution in [0.25, 0.3) is 0 Å². The highest BCUT2D eigenvalue weighted by molar-refractivity contribution is 5.81. The van der Waals surface area contributed by atoms with Crippen LogP contribution in [0.3, 0.4) is 0 Å². The summed E-state index contributed by atoms with van der Waals surface area (Å²) in [6, 6.07) is 0. The Balaban J connectivity index is 1.72. The molecule has 1 atom stereocenters. The summed E-state index contributed by atoms with van der Waals surface area (Å²) in [5, 5.41) is 13.4. The van der Waals surface area contributed by atoms with Crippen molar-refractivity contribution in [3.63, 3.8) is 0 Å². The number of likely N-dealkylation sites (tertiary alicyclic amines) is 1. The highest BCUT2D eigenvalue weighted by Crippen LogP contribution is 2.36. The van der Waals surface area contributed by atoms with Crippen LogP contribution >= 0.6 is 0 Å². The molecule has 0 bridgehead atoms. The number of hydrogen-bond acceptors (Lipinski definition) is 3. The third-order valence-corrected chi connectivity index (χ3v) is 4.83. The first-order valence-corrected chi connectivity index (χ1v) is 8.41. The fourth-order valence-corrected chi connectivity index (χ4v) is 3.55. The zero-order valence-electron chi connectivity index (χ0n) is 14.0. The summed E-state index contributed by atoms with van der Waals surface area (Å²) in [7, 11) is 0. The summed E-state index contributed by atoms with van der Waals surface area (Å²) in [6.45, 7) is 8.22. The molecule has 7 nitrogen and oxygen atoms in total. The second-order valence-corrected chi connectivity index (χ2v) is 6.67. The Morgan fingerprint density at radius 2 is 2.43 bits per heavy atom. The molecule has 0 aliphatic carbocycles. The zero-order valence-corrected chi connectivity index (χ0v) is 14.0. The molecule has 0 aromatic carbocycles. The molecule has 0 radical (unpaired) electrons. The SMILES string of the molecule is CCNC(=NCc1cn[nH]c1C)N1CCCC2(CNC(=O)C2)C1. The first-order chi connectivity index (χ1) is 11.1. The minimum atomic E-state index is 0.0804. The van der Waals surface area contributed by atoms with Gasteiger partial charge in [-0.15, -0.1) is 0 Å². The number of nitrogens with zero attached hydrogens (tertiary/aromatic N) is 3. The maximum atomic E-state index is 11.7. The summed E-state index contributed by atoms with van der Waals surface area (Å²) in [6.07, 6.45) is 4.69. The van der Waals surface area contributed by atoms with E-state index in [1.165, 1.54) is 0 Å². The number of piperidine rings is 1. The lowest BCUT2D eigenvalue weighted by atomic mass is 9.79. The molecule has 23 heavy (non-hydrogen) atoms. The van der Waals surface area contributed by atoms with Gasteiger partial charge in [0.25, 0.3) is 0 Å². The molecule has 1 amide bonds. The molecular formula is C16H26N6O. The van der Waals surface area contributed by atoms with Crippen molar-refractivity contribution in [1.29, 1.82) is 0 Å². The van der Waals surface area contributed by atoms with E-state index in [2.05, 4.69) is 32.7 Å². The van der Waals surface area contributed by atoms with Gasteiger partial charge in [0.1, 0.15) is 0 Å². The highest BCUT2D eigenvalue weighted by atomic mass is 16.1. The number of hydrogen-bond donors (Lipinski definition) is 3. The Morgan fingerprint density at radius 3 is 3.09 bits per heavy atom. The molecule has 7 heteroatoms. The third kappa shape index (κ3) is 3.48. The number of aryl methyl sites for hydroxylation is 1. The number of aromatic nitrogens is 2. The van der Waals surface area contributed by atoms with Gasteiger partial charge in [-0.1, -0.05) is 0 Å². The number of guanidine groups is 1. The zero-order chi connectivity index (χ0) is 16.3. The van der Waals surface area contributed by atoms with Gasteiger partial charge in [0, 0.05) is 49.3 Å². The van der Waals surface area contributed by atoms with Crippen LogP contribution in [0, 0.1) is 12.3 Å². The topological polar surface area (TPSA) is 85.4 Å². The van der Waals surface area contributed by atoms with E-state index in [9.17, 15) is 4.79 Å². The predicted molar refractivity (Wildman–Crippen MR) is 89.0 cm³/mol. The van der Waals surface area contributed by atoms with E-state index in [1.807, 2.05) is 13.1 Å². The number of nitrogens with one attached hydrogen (secondary N) is 3. The largest absolute Gasteiger partial charge is 0.357 e. The Kier molecular flexibility index (Phi) is 4.54. The molecular weight excluding hydrogens is 292 g/mol. The lowest BCUT2D eigenvalue weighted by Gasteiger charge is -2.40. The van der Waals surface area contributed by atoms with Crippen molar-refractivity contribution in [3.8, 4) is 0 Å². The van der Waals surface area contributed by atoms with Gasteiger partial charge < -0.3 is 15.5 Å². The van der Waals surface area contributed by atoms with Crippen molar-refractivity contribution in [3.05, 3.63) is 17.5 Å². The Morgan fingerprint density at radius 1 is 1.57 bits per heavy atom. The average molecular weight is 318 g/mol. The van der Waals surface area contributed by atoms with Crippen molar-refractivity contribution >= 4 is 11.9 Å². The van der Waals surface area contributed by atoms with Crippen LogP contribution in [-0.2, 0) is 11.3 Å². The van der Waals surface area contributed by atoms with E-state index in [-0.39, 0.29) is 11.3 Å². The second kappa shape index (κ2) is 6.60. The van der Waals surface area contributed by atoms with Crippen molar-refractivity contribution < 1.29 is 4.79 Å². The minimum Gasteiger partial charge on any atom is -0.357 e. The highest BCUT2D eigenvalue weighted by Gasteiger charge is 2.42. The predicted octanol–water partition coefficient (Wildman–Crippen LogP) is 0.786. The third-order valence-electron chi connectivity index (χ3n) is 4.83. The molecule has 1 aromatic heterocycles. The van der Waals surface area contributed by atoms with Gasteiger partial charge in [-0.25, -0.2) is 4.99 Å². The summed E-state index contributed by atoms with van der Waals surface area (Å²) in [5.41, 5.74) is 2.26. The van der Waals surface area contributed by atoms with Crippen LogP contribution in [0.5, 0.6) is 0 Å². The maximum Gasteiger partial charge on any atom is 0.220 e. The molecule has 1 unspecified atom stereocenters. The van der Waals surface area contributed by atoms with E-state index >= 15 is 0 Å². The van der Waals surface area contributed by atoms with Gasteiger partial charge in [0.05, 0.1) is 12.7 Å². The van der Waals surface area contributed by atoms with E-state index < -0.39 is 0 Å². The molecule has 1 spiro atoms. The van der Waals surface area contributed by atoms with Crippen LogP contribution in [0.2, 0.25) is 0 Å². The summed E-state index contributed by atoms with van der Waals surface area (Å²) < 4.78 is 0. The van der Waals surface area contributed by atoms with Gasteiger partial charge in [-0.3, -0.25) is 9.89 Å². The number of aromatic amines is 1. The molecule has 2 saturated heterocycles. The normalized spacial score (nSPS) is 25.0. The number of rotatable bonds is 3. The summed E-state index contributed by atoms with van der Waals surface area (Å²) >= 11 is 0. The van der Waals surface area contributed by atoms with E-state index in [4.69, 9.17) is 4.99 Å².